The average molecular weight is 362 g/mol. The van der Waals surface area contributed by atoms with E-state index in [0.29, 0.717) is 18.8 Å². The van der Waals surface area contributed by atoms with E-state index >= 15 is 0 Å². The minimum atomic E-state index is 0.0944. The van der Waals surface area contributed by atoms with Crippen LogP contribution < -0.4 is 10.1 Å². The molecule has 0 unspecified atom stereocenters. The molecule has 0 aliphatic carbocycles. The molecule has 4 nitrogen and oxygen atoms in total. The third-order valence-corrected chi connectivity index (χ3v) is 4.37. The number of para-hydroxylation sites is 1. The van der Waals surface area contributed by atoms with Gasteiger partial charge in [0.2, 0.25) is 5.91 Å². The van der Waals surface area contributed by atoms with Crippen molar-refractivity contribution in [3.8, 4) is 11.5 Å². The Morgan fingerprint density at radius 3 is 2.67 bits per heavy atom. The van der Waals surface area contributed by atoms with Gasteiger partial charge in [0.1, 0.15) is 11.5 Å². The standard InChI is InChI=1S/C23H26N2O2/c1-17(2)12-13-24-23(26)11-8-18-14-19-15-21(9-10-22(19)25-16-18)27-20-6-4-3-5-7-20/h3-7,9-10,14-17H,8,11-13H2,1-2H3,(H,24,26). The van der Waals surface area contributed by atoms with E-state index in [1.165, 1.54) is 0 Å². The molecule has 27 heavy (non-hydrogen) atoms. The molecule has 0 aliphatic heterocycles. The Morgan fingerprint density at radius 2 is 1.89 bits per heavy atom. The fourth-order valence-corrected chi connectivity index (χ4v) is 2.83. The van der Waals surface area contributed by atoms with Crippen LogP contribution in [-0.4, -0.2) is 17.4 Å². The monoisotopic (exact) mass is 362 g/mol. The van der Waals surface area contributed by atoms with Gasteiger partial charge in [-0.2, -0.15) is 0 Å². The average Bonchev–Trinajstić information content (AvgIpc) is 2.66. The second-order valence-electron chi connectivity index (χ2n) is 7.15. The zero-order valence-corrected chi connectivity index (χ0v) is 15.9. The van der Waals surface area contributed by atoms with Gasteiger partial charge in [-0.15, -0.1) is 0 Å². The van der Waals surface area contributed by atoms with Gasteiger partial charge in [0, 0.05) is 24.5 Å². The van der Waals surface area contributed by atoms with Crippen molar-refractivity contribution in [3.63, 3.8) is 0 Å². The number of aryl methyl sites for hydroxylation is 1. The minimum Gasteiger partial charge on any atom is -0.457 e. The van der Waals surface area contributed by atoms with E-state index in [4.69, 9.17) is 4.74 Å². The summed E-state index contributed by atoms with van der Waals surface area (Å²) in [4.78, 5) is 16.5. The number of amides is 1. The predicted molar refractivity (Wildman–Crippen MR) is 109 cm³/mol. The lowest BCUT2D eigenvalue weighted by molar-refractivity contribution is -0.121. The zero-order valence-electron chi connectivity index (χ0n) is 15.9. The van der Waals surface area contributed by atoms with E-state index < -0.39 is 0 Å². The van der Waals surface area contributed by atoms with Gasteiger partial charge in [0.05, 0.1) is 5.52 Å². The minimum absolute atomic E-state index is 0.0944. The number of fused-ring (bicyclic) bond motifs is 1. The summed E-state index contributed by atoms with van der Waals surface area (Å²) in [6, 6.07) is 17.7. The molecule has 1 heterocycles. The van der Waals surface area contributed by atoms with Crippen LogP contribution in [0.4, 0.5) is 0 Å². The molecular formula is C23H26N2O2. The summed E-state index contributed by atoms with van der Waals surface area (Å²) in [5.41, 5.74) is 1.97. The van der Waals surface area contributed by atoms with Crippen molar-refractivity contribution in [2.75, 3.05) is 6.54 Å². The summed E-state index contributed by atoms with van der Waals surface area (Å²) in [5.74, 6) is 2.28. The summed E-state index contributed by atoms with van der Waals surface area (Å²) >= 11 is 0. The predicted octanol–water partition coefficient (Wildman–Crippen LogP) is 5.12. The van der Waals surface area contributed by atoms with E-state index in [2.05, 4.69) is 30.2 Å². The van der Waals surface area contributed by atoms with Crippen LogP contribution in [0.25, 0.3) is 10.9 Å². The van der Waals surface area contributed by atoms with Crippen molar-refractivity contribution >= 4 is 16.8 Å². The number of carbonyl (C=O) groups is 1. The first-order chi connectivity index (χ1) is 13.1. The van der Waals surface area contributed by atoms with Gasteiger partial charge >= 0.3 is 0 Å². The molecule has 0 spiro atoms. The Labute approximate surface area is 160 Å². The fourth-order valence-electron chi connectivity index (χ4n) is 2.83. The van der Waals surface area contributed by atoms with Crippen LogP contribution in [0.2, 0.25) is 0 Å². The summed E-state index contributed by atoms with van der Waals surface area (Å²) in [6.45, 7) is 5.05. The molecule has 0 bridgehead atoms. The van der Waals surface area contributed by atoms with Crippen molar-refractivity contribution in [2.45, 2.75) is 33.1 Å². The van der Waals surface area contributed by atoms with Crippen LogP contribution in [0, 0.1) is 5.92 Å². The maximum atomic E-state index is 12.0. The Balaban J connectivity index is 1.62. The number of carbonyl (C=O) groups excluding carboxylic acids is 1. The summed E-state index contributed by atoms with van der Waals surface area (Å²) in [5, 5.41) is 3.99. The highest BCUT2D eigenvalue weighted by atomic mass is 16.5. The molecular weight excluding hydrogens is 336 g/mol. The van der Waals surface area contributed by atoms with Crippen LogP contribution in [0.1, 0.15) is 32.3 Å². The second-order valence-corrected chi connectivity index (χ2v) is 7.15. The van der Waals surface area contributed by atoms with Crippen LogP contribution in [0.15, 0.2) is 60.8 Å². The number of aromatic nitrogens is 1. The molecule has 0 radical (unpaired) electrons. The van der Waals surface area contributed by atoms with Crippen LogP contribution >= 0.6 is 0 Å². The topological polar surface area (TPSA) is 51.2 Å². The second kappa shape index (κ2) is 9.17. The number of hydrogen-bond donors (Lipinski definition) is 1. The quantitative estimate of drug-likeness (QED) is 0.605. The van der Waals surface area contributed by atoms with Gasteiger partial charge in [0.25, 0.3) is 0 Å². The highest BCUT2D eigenvalue weighted by Gasteiger charge is 2.05. The molecule has 3 aromatic rings. The molecule has 4 heteroatoms. The third-order valence-electron chi connectivity index (χ3n) is 4.37. The molecule has 3 rings (SSSR count). The smallest absolute Gasteiger partial charge is 0.220 e. The number of pyridine rings is 1. The van der Waals surface area contributed by atoms with Crippen LogP contribution in [-0.2, 0) is 11.2 Å². The lowest BCUT2D eigenvalue weighted by Crippen LogP contribution is -2.25. The molecule has 140 valence electrons. The van der Waals surface area contributed by atoms with Gasteiger partial charge in [-0.05, 0) is 60.7 Å². The fraction of sp³-hybridized carbons (Fsp3) is 0.304. The number of nitrogens with one attached hydrogen (secondary N) is 1. The molecule has 1 aromatic heterocycles. The Bertz CT molecular complexity index is 891. The van der Waals surface area contributed by atoms with Gasteiger partial charge in [-0.1, -0.05) is 32.0 Å². The van der Waals surface area contributed by atoms with Gasteiger partial charge < -0.3 is 10.1 Å². The largest absolute Gasteiger partial charge is 0.457 e. The maximum absolute atomic E-state index is 12.0. The first kappa shape index (κ1) is 18.9. The van der Waals surface area contributed by atoms with Crippen molar-refractivity contribution < 1.29 is 9.53 Å². The van der Waals surface area contributed by atoms with Crippen molar-refractivity contribution in [3.05, 3.63) is 66.4 Å². The Kier molecular flexibility index (Phi) is 6.42. The molecule has 0 atom stereocenters. The number of ether oxygens (including phenoxy) is 1. The number of rotatable bonds is 8. The number of nitrogens with zero attached hydrogens (tertiary/aromatic N) is 1. The zero-order chi connectivity index (χ0) is 19.1. The van der Waals surface area contributed by atoms with E-state index in [1.807, 2.05) is 54.7 Å². The molecule has 1 N–H and O–H groups in total. The van der Waals surface area contributed by atoms with Crippen molar-refractivity contribution in [2.24, 2.45) is 5.92 Å². The highest BCUT2D eigenvalue weighted by molar-refractivity contribution is 5.81. The van der Waals surface area contributed by atoms with E-state index in [1.54, 1.807) is 0 Å². The summed E-state index contributed by atoms with van der Waals surface area (Å²) in [7, 11) is 0. The molecule has 0 saturated heterocycles. The highest BCUT2D eigenvalue weighted by Crippen LogP contribution is 2.25. The SMILES string of the molecule is CC(C)CCNC(=O)CCc1cnc2ccc(Oc3ccccc3)cc2c1. The molecule has 0 fully saturated rings. The van der Waals surface area contributed by atoms with Crippen LogP contribution in [0.3, 0.4) is 0 Å². The molecule has 0 saturated carbocycles. The molecule has 1 amide bonds. The number of hydrogen-bond acceptors (Lipinski definition) is 3. The lowest BCUT2D eigenvalue weighted by atomic mass is 10.1. The van der Waals surface area contributed by atoms with E-state index in [0.717, 1.165) is 40.9 Å². The summed E-state index contributed by atoms with van der Waals surface area (Å²) in [6.07, 6.45) is 4.01. The molecule has 2 aromatic carbocycles. The van der Waals surface area contributed by atoms with Gasteiger partial charge in [-0.3, -0.25) is 9.78 Å². The summed E-state index contributed by atoms with van der Waals surface area (Å²) < 4.78 is 5.90. The maximum Gasteiger partial charge on any atom is 0.220 e. The van der Waals surface area contributed by atoms with E-state index in [-0.39, 0.29) is 5.91 Å². The third kappa shape index (κ3) is 5.81. The van der Waals surface area contributed by atoms with Crippen LogP contribution in [0.5, 0.6) is 11.5 Å². The normalized spacial score (nSPS) is 10.9. The first-order valence-electron chi connectivity index (χ1n) is 9.48. The first-order valence-corrected chi connectivity index (χ1v) is 9.48. The molecule has 0 aliphatic rings. The van der Waals surface area contributed by atoms with Crippen molar-refractivity contribution in [1.29, 1.82) is 0 Å². The van der Waals surface area contributed by atoms with Crippen molar-refractivity contribution in [1.82, 2.24) is 10.3 Å². The van der Waals surface area contributed by atoms with Gasteiger partial charge in [0.15, 0.2) is 0 Å². The number of benzene rings is 2. The van der Waals surface area contributed by atoms with Gasteiger partial charge in [-0.25, -0.2) is 0 Å². The Morgan fingerprint density at radius 1 is 1.07 bits per heavy atom. The Hall–Kier alpha value is -2.88. The lowest BCUT2D eigenvalue weighted by Gasteiger charge is -2.09. The van der Waals surface area contributed by atoms with E-state index in [9.17, 15) is 4.79 Å².